The SMILES string of the molecule is CC(=O)Cc1ccc(OCC(=O)NCCC#N)cc1. The monoisotopic (exact) mass is 260 g/mol. The molecule has 1 rings (SSSR count). The lowest BCUT2D eigenvalue weighted by molar-refractivity contribution is -0.123. The van der Waals surface area contributed by atoms with Gasteiger partial charge in [0.25, 0.3) is 5.91 Å². The van der Waals surface area contributed by atoms with Crippen LogP contribution in [0.3, 0.4) is 0 Å². The largest absolute Gasteiger partial charge is 0.484 e. The van der Waals surface area contributed by atoms with E-state index in [0.717, 1.165) is 5.56 Å². The number of carbonyl (C=O) groups excluding carboxylic acids is 2. The molecule has 1 amide bonds. The zero-order valence-corrected chi connectivity index (χ0v) is 10.8. The highest BCUT2D eigenvalue weighted by Gasteiger charge is 2.02. The first-order valence-electron chi connectivity index (χ1n) is 5.96. The normalized spacial score (nSPS) is 9.47. The molecule has 0 aliphatic heterocycles. The van der Waals surface area contributed by atoms with E-state index in [9.17, 15) is 9.59 Å². The quantitative estimate of drug-likeness (QED) is 0.748. The Kier molecular flexibility index (Phi) is 6.10. The van der Waals surface area contributed by atoms with Crippen molar-refractivity contribution in [3.63, 3.8) is 0 Å². The molecule has 0 saturated heterocycles. The van der Waals surface area contributed by atoms with Crippen molar-refractivity contribution in [3.8, 4) is 11.8 Å². The number of hydrogen-bond acceptors (Lipinski definition) is 4. The highest BCUT2D eigenvalue weighted by Crippen LogP contribution is 2.12. The van der Waals surface area contributed by atoms with E-state index in [1.54, 1.807) is 24.3 Å². The van der Waals surface area contributed by atoms with Gasteiger partial charge < -0.3 is 10.1 Å². The number of amides is 1. The van der Waals surface area contributed by atoms with Crippen LogP contribution in [0.25, 0.3) is 0 Å². The van der Waals surface area contributed by atoms with Crippen molar-refractivity contribution in [2.45, 2.75) is 19.8 Å². The molecule has 0 heterocycles. The number of rotatable bonds is 7. The van der Waals surface area contributed by atoms with Crippen molar-refractivity contribution < 1.29 is 14.3 Å². The Hall–Kier alpha value is -2.35. The summed E-state index contributed by atoms with van der Waals surface area (Å²) in [6, 6.07) is 8.97. The number of ketones is 1. The van der Waals surface area contributed by atoms with E-state index in [1.807, 2.05) is 6.07 Å². The van der Waals surface area contributed by atoms with E-state index in [0.29, 0.717) is 18.7 Å². The number of nitrogens with one attached hydrogen (secondary N) is 1. The molecule has 19 heavy (non-hydrogen) atoms. The van der Waals surface area contributed by atoms with Gasteiger partial charge in [-0.15, -0.1) is 0 Å². The van der Waals surface area contributed by atoms with Gasteiger partial charge in [-0.3, -0.25) is 9.59 Å². The molecule has 0 aliphatic carbocycles. The van der Waals surface area contributed by atoms with Crippen LogP contribution in [0.2, 0.25) is 0 Å². The van der Waals surface area contributed by atoms with Gasteiger partial charge in [-0.2, -0.15) is 5.26 Å². The average molecular weight is 260 g/mol. The van der Waals surface area contributed by atoms with Crippen LogP contribution in [-0.4, -0.2) is 24.8 Å². The first kappa shape index (κ1) is 14.7. The molecule has 0 aromatic heterocycles. The third-order valence-corrected chi connectivity index (χ3v) is 2.31. The summed E-state index contributed by atoms with van der Waals surface area (Å²) in [5.74, 6) is 0.413. The van der Waals surface area contributed by atoms with E-state index in [2.05, 4.69) is 5.32 Å². The number of nitriles is 1. The maximum Gasteiger partial charge on any atom is 0.257 e. The summed E-state index contributed by atoms with van der Waals surface area (Å²) < 4.78 is 5.28. The van der Waals surface area contributed by atoms with Gasteiger partial charge in [0.15, 0.2) is 6.61 Å². The Morgan fingerprint density at radius 1 is 1.32 bits per heavy atom. The van der Waals surface area contributed by atoms with Crippen LogP contribution in [0.4, 0.5) is 0 Å². The molecule has 0 aliphatic rings. The van der Waals surface area contributed by atoms with E-state index in [4.69, 9.17) is 10.00 Å². The fourth-order valence-corrected chi connectivity index (χ4v) is 1.45. The molecule has 5 nitrogen and oxygen atoms in total. The van der Waals surface area contributed by atoms with Crippen LogP contribution in [0, 0.1) is 11.3 Å². The van der Waals surface area contributed by atoms with Gasteiger partial charge in [-0.1, -0.05) is 12.1 Å². The zero-order chi connectivity index (χ0) is 14.1. The van der Waals surface area contributed by atoms with Crippen LogP contribution in [-0.2, 0) is 16.0 Å². The third-order valence-electron chi connectivity index (χ3n) is 2.31. The Morgan fingerprint density at radius 3 is 2.58 bits per heavy atom. The van der Waals surface area contributed by atoms with Gasteiger partial charge in [0.2, 0.25) is 0 Å². The molecule has 1 aromatic carbocycles. The molecule has 5 heteroatoms. The van der Waals surface area contributed by atoms with Crippen molar-refractivity contribution in [3.05, 3.63) is 29.8 Å². The fourth-order valence-electron chi connectivity index (χ4n) is 1.45. The minimum atomic E-state index is -0.261. The Morgan fingerprint density at radius 2 is 2.00 bits per heavy atom. The maximum absolute atomic E-state index is 11.3. The summed E-state index contributed by atoms with van der Waals surface area (Å²) in [6.07, 6.45) is 0.681. The minimum Gasteiger partial charge on any atom is -0.484 e. The molecule has 0 fully saturated rings. The van der Waals surface area contributed by atoms with Gasteiger partial charge in [0.05, 0.1) is 12.5 Å². The van der Waals surface area contributed by atoms with Crippen molar-refractivity contribution in [1.29, 1.82) is 5.26 Å². The van der Waals surface area contributed by atoms with Crippen LogP contribution >= 0.6 is 0 Å². The second kappa shape index (κ2) is 7.88. The average Bonchev–Trinajstić information content (AvgIpc) is 2.37. The van der Waals surface area contributed by atoms with Gasteiger partial charge in [-0.25, -0.2) is 0 Å². The van der Waals surface area contributed by atoms with Crippen molar-refractivity contribution in [2.75, 3.05) is 13.2 Å². The number of carbonyl (C=O) groups is 2. The predicted octanol–water partition coefficient (Wildman–Crippen LogP) is 1.23. The van der Waals surface area contributed by atoms with E-state index in [1.165, 1.54) is 6.92 Å². The molecule has 0 unspecified atom stereocenters. The molecule has 1 N–H and O–H groups in total. The maximum atomic E-state index is 11.3. The minimum absolute atomic E-state index is 0.0858. The second-order valence-electron chi connectivity index (χ2n) is 4.07. The van der Waals surface area contributed by atoms with Crippen molar-refractivity contribution >= 4 is 11.7 Å². The number of Topliss-reactive ketones (excluding diaryl/α,β-unsaturated/α-hetero) is 1. The highest BCUT2D eigenvalue weighted by atomic mass is 16.5. The second-order valence-corrected chi connectivity index (χ2v) is 4.07. The van der Waals surface area contributed by atoms with Crippen LogP contribution < -0.4 is 10.1 Å². The van der Waals surface area contributed by atoms with Crippen molar-refractivity contribution in [2.24, 2.45) is 0 Å². The summed E-state index contributed by atoms with van der Waals surface area (Å²) in [5, 5.41) is 10.9. The molecular formula is C14H16N2O3. The highest BCUT2D eigenvalue weighted by molar-refractivity contribution is 5.78. The summed E-state index contributed by atoms with van der Waals surface area (Å²) in [6.45, 7) is 1.78. The van der Waals surface area contributed by atoms with E-state index < -0.39 is 0 Å². The van der Waals surface area contributed by atoms with Crippen LogP contribution in [0.1, 0.15) is 18.9 Å². The lowest BCUT2D eigenvalue weighted by Crippen LogP contribution is -2.29. The lowest BCUT2D eigenvalue weighted by atomic mass is 10.1. The summed E-state index contributed by atoms with van der Waals surface area (Å²) in [7, 11) is 0. The molecule has 0 saturated carbocycles. The Labute approximate surface area is 112 Å². The third kappa shape index (κ3) is 6.22. The first-order chi connectivity index (χ1) is 9.11. The van der Waals surface area contributed by atoms with Crippen LogP contribution in [0.15, 0.2) is 24.3 Å². The van der Waals surface area contributed by atoms with E-state index in [-0.39, 0.29) is 24.7 Å². The van der Waals surface area contributed by atoms with Crippen LogP contribution in [0.5, 0.6) is 5.75 Å². The van der Waals surface area contributed by atoms with Gasteiger partial charge in [0, 0.05) is 13.0 Å². The number of nitrogens with zero attached hydrogens (tertiary/aromatic N) is 1. The molecule has 0 bridgehead atoms. The van der Waals surface area contributed by atoms with Crippen molar-refractivity contribution in [1.82, 2.24) is 5.32 Å². The smallest absolute Gasteiger partial charge is 0.257 e. The summed E-state index contributed by atoms with van der Waals surface area (Å²) in [4.78, 5) is 22.2. The van der Waals surface area contributed by atoms with Gasteiger partial charge in [0.1, 0.15) is 11.5 Å². The van der Waals surface area contributed by atoms with Gasteiger partial charge in [-0.05, 0) is 24.6 Å². The van der Waals surface area contributed by atoms with Gasteiger partial charge >= 0.3 is 0 Å². The molecule has 1 aromatic rings. The lowest BCUT2D eigenvalue weighted by Gasteiger charge is -2.07. The summed E-state index contributed by atoms with van der Waals surface area (Å²) in [5.41, 5.74) is 0.915. The first-order valence-corrected chi connectivity index (χ1v) is 5.96. The number of hydrogen-bond donors (Lipinski definition) is 1. The fraction of sp³-hybridized carbons (Fsp3) is 0.357. The number of benzene rings is 1. The standard InChI is InChI=1S/C14H16N2O3/c1-11(17)9-12-3-5-13(6-4-12)19-10-14(18)16-8-2-7-15/h3-6H,2,8-10H2,1H3,(H,16,18). The zero-order valence-electron chi connectivity index (χ0n) is 10.8. The number of ether oxygens (including phenoxy) is 1. The Balaban J connectivity index is 2.35. The Bertz CT molecular complexity index is 474. The molecular weight excluding hydrogens is 244 g/mol. The summed E-state index contributed by atoms with van der Waals surface area (Å²) >= 11 is 0. The molecule has 0 spiro atoms. The molecule has 0 radical (unpaired) electrons. The molecule has 100 valence electrons. The molecule has 0 atom stereocenters. The predicted molar refractivity (Wildman–Crippen MR) is 69.6 cm³/mol. The topological polar surface area (TPSA) is 79.2 Å². The van der Waals surface area contributed by atoms with E-state index >= 15 is 0 Å².